The van der Waals surface area contributed by atoms with Crippen molar-refractivity contribution in [3.05, 3.63) is 64.4 Å². The van der Waals surface area contributed by atoms with Crippen molar-refractivity contribution in [2.24, 2.45) is 5.92 Å². The van der Waals surface area contributed by atoms with Gasteiger partial charge in [-0.15, -0.1) is 0 Å². The van der Waals surface area contributed by atoms with Gasteiger partial charge in [0.1, 0.15) is 11.6 Å². The van der Waals surface area contributed by atoms with Crippen LogP contribution in [0, 0.1) is 11.7 Å². The third kappa shape index (κ3) is 6.94. The third-order valence-corrected chi connectivity index (χ3v) is 6.02. The molecule has 0 atom stereocenters. The van der Waals surface area contributed by atoms with Crippen molar-refractivity contribution in [2.45, 2.75) is 45.7 Å². The summed E-state index contributed by atoms with van der Waals surface area (Å²) in [4.78, 5) is 17.5. The first-order valence-electron chi connectivity index (χ1n) is 11.0. The minimum absolute atomic E-state index is 0.0609. The van der Waals surface area contributed by atoms with Gasteiger partial charge in [0.15, 0.2) is 0 Å². The number of amides is 1. The molecule has 2 aromatic rings. The highest BCUT2D eigenvalue weighted by Crippen LogP contribution is 2.24. The Morgan fingerprint density at radius 1 is 1.19 bits per heavy atom. The molecule has 0 saturated carbocycles. The summed E-state index contributed by atoms with van der Waals surface area (Å²) >= 11 is 6.27. The lowest BCUT2D eigenvalue weighted by Gasteiger charge is -2.37. The lowest BCUT2D eigenvalue weighted by atomic mass is 10.0. The van der Waals surface area contributed by atoms with Crippen LogP contribution in [0.2, 0.25) is 5.02 Å². The van der Waals surface area contributed by atoms with Crippen LogP contribution in [0.5, 0.6) is 5.75 Å². The summed E-state index contributed by atoms with van der Waals surface area (Å²) < 4.78 is 19.2. The SMILES string of the molecule is CC(C)COc1ccc(CC(=O)N(Cc2ccc(F)cc2Cl)C2CCN(C)CC2)cc1. The molecule has 3 rings (SSSR count). The smallest absolute Gasteiger partial charge is 0.227 e. The second-order valence-electron chi connectivity index (χ2n) is 8.82. The molecule has 0 spiro atoms. The fourth-order valence-electron chi connectivity index (χ4n) is 3.80. The Morgan fingerprint density at radius 3 is 2.48 bits per heavy atom. The van der Waals surface area contributed by atoms with E-state index in [0.29, 0.717) is 30.5 Å². The van der Waals surface area contributed by atoms with Crippen LogP contribution in [0.1, 0.15) is 37.8 Å². The van der Waals surface area contributed by atoms with Crippen molar-refractivity contribution in [3.8, 4) is 5.75 Å². The largest absolute Gasteiger partial charge is 0.493 e. The summed E-state index contributed by atoms with van der Waals surface area (Å²) in [7, 11) is 2.10. The normalized spacial score (nSPS) is 15.3. The number of carbonyl (C=O) groups is 1. The molecular formula is C25H32ClFN2O2. The predicted octanol–water partition coefficient (Wildman–Crippen LogP) is 5.18. The van der Waals surface area contributed by atoms with Crippen molar-refractivity contribution < 1.29 is 13.9 Å². The molecule has 0 bridgehead atoms. The molecule has 1 saturated heterocycles. The molecule has 1 heterocycles. The first-order valence-corrected chi connectivity index (χ1v) is 11.3. The molecule has 2 aromatic carbocycles. The van der Waals surface area contributed by atoms with Crippen molar-refractivity contribution in [1.82, 2.24) is 9.80 Å². The van der Waals surface area contributed by atoms with Gasteiger partial charge in [-0.05, 0) is 74.3 Å². The summed E-state index contributed by atoms with van der Waals surface area (Å²) in [5, 5.41) is 0.359. The van der Waals surface area contributed by atoms with Gasteiger partial charge in [-0.25, -0.2) is 4.39 Å². The van der Waals surface area contributed by atoms with E-state index < -0.39 is 0 Å². The molecule has 1 aliphatic rings. The van der Waals surface area contributed by atoms with Gasteiger partial charge in [-0.2, -0.15) is 0 Å². The van der Waals surface area contributed by atoms with Gasteiger partial charge >= 0.3 is 0 Å². The molecule has 0 aliphatic carbocycles. The molecule has 0 radical (unpaired) electrons. The standard InChI is InChI=1S/C25H32ClFN2O2/c1-18(2)17-31-23-8-4-19(5-9-23)14-25(30)29(22-10-12-28(3)13-11-22)16-20-6-7-21(27)15-24(20)26/h4-9,15,18,22H,10-14,16-17H2,1-3H3. The summed E-state index contributed by atoms with van der Waals surface area (Å²) in [6.45, 7) is 7.18. The van der Waals surface area contributed by atoms with Crippen LogP contribution in [0.3, 0.4) is 0 Å². The summed E-state index contributed by atoms with van der Waals surface area (Å²) in [5.74, 6) is 0.967. The average molecular weight is 447 g/mol. The topological polar surface area (TPSA) is 32.8 Å². The number of hydrogen-bond acceptors (Lipinski definition) is 3. The summed E-state index contributed by atoms with van der Waals surface area (Å²) in [6.07, 6.45) is 2.15. The molecule has 0 N–H and O–H groups in total. The van der Waals surface area contributed by atoms with Gasteiger partial charge in [0.2, 0.25) is 5.91 Å². The van der Waals surface area contributed by atoms with E-state index in [2.05, 4.69) is 25.8 Å². The number of ether oxygens (including phenoxy) is 1. The Hall–Kier alpha value is -2.11. The van der Waals surface area contributed by atoms with E-state index in [4.69, 9.17) is 16.3 Å². The molecule has 1 fully saturated rings. The lowest BCUT2D eigenvalue weighted by molar-refractivity contribution is -0.134. The Kier molecular flexibility index (Phi) is 8.33. The van der Waals surface area contributed by atoms with Crippen LogP contribution < -0.4 is 4.74 Å². The van der Waals surface area contributed by atoms with E-state index in [9.17, 15) is 9.18 Å². The Labute approximate surface area is 189 Å². The fraction of sp³-hybridized carbons (Fsp3) is 0.480. The predicted molar refractivity (Wildman–Crippen MR) is 123 cm³/mol. The Morgan fingerprint density at radius 2 is 1.87 bits per heavy atom. The van der Waals surface area contributed by atoms with Crippen LogP contribution in [0.25, 0.3) is 0 Å². The molecule has 1 amide bonds. The molecule has 168 valence electrons. The summed E-state index contributed by atoms with van der Waals surface area (Å²) in [5.41, 5.74) is 1.72. The van der Waals surface area contributed by atoms with E-state index >= 15 is 0 Å². The number of benzene rings is 2. The highest BCUT2D eigenvalue weighted by atomic mass is 35.5. The van der Waals surface area contributed by atoms with Gasteiger partial charge < -0.3 is 14.5 Å². The van der Waals surface area contributed by atoms with Crippen LogP contribution >= 0.6 is 11.6 Å². The molecule has 6 heteroatoms. The third-order valence-electron chi connectivity index (χ3n) is 5.67. The number of piperidine rings is 1. The number of rotatable bonds is 8. The molecule has 4 nitrogen and oxygen atoms in total. The second-order valence-corrected chi connectivity index (χ2v) is 9.22. The van der Waals surface area contributed by atoms with Crippen molar-refractivity contribution >= 4 is 17.5 Å². The Balaban J connectivity index is 1.72. The molecule has 1 aliphatic heterocycles. The zero-order valence-electron chi connectivity index (χ0n) is 18.6. The van der Waals surface area contributed by atoms with Gasteiger partial charge in [0, 0.05) is 17.6 Å². The van der Waals surface area contributed by atoms with E-state index in [1.165, 1.54) is 12.1 Å². The lowest BCUT2D eigenvalue weighted by Crippen LogP contribution is -2.46. The summed E-state index contributed by atoms with van der Waals surface area (Å²) in [6, 6.07) is 12.3. The maximum Gasteiger partial charge on any atom is 0.227 e. The van der Waals surface area contributed by atoms with Gasteiger partial charge in [0.25, 0.3) is 0 Å². The number of likely N-dealkylation sites (tertiary alicyclic amines) is 1. The maximum atomic E-state index is 13.5. The molecule has 31 heavy (non-hydrogen) atoms. The highest BCUT2D eigenvalue weighted by Gasteiger charge is 2.27. The zero-order valence-corrected chi connectivity index (χ0v) is 19.4. The van der Waals surface area contributed by atoms with Crippen molar-refractivity contribution in [1.29, 1.82) is 0 Å². The first kappa shape index (κ1) is 23.6. The monoisotopic (exact) mass is 446 g/mol. The minimum atomic E-state index is -0.370. The van der Waals surface area contributed by atoms with Crippen molar-refractivity contribution in [3.63, 3.8) is 0 Å². The molecule has 0 aromatic heterocycles. The zero-order chi connectivity index (χ0) is 22.4. The van der Waals surface area contributed by atoms with Crippen LogP contribution in [0.15, 0.2) is 42.5 Å². The van der Waals surface area contributed by atoms with Crippen molar-refractivity contribution in [2.75, 3.05) is 26.7 Å². The van der Waals surface area contributed by atoms with Gasteiger partial charge in [-0.3, -0.25) is 4.79 Å². The van der Waals surface area contributed by atoms with Crippen LogP contribution in [-0.4, -0.2) is 48.5 Å². The quantitative estimate of drug-likeness (QED) is 0.560. The molecule has 0 unspecified atom stereocenters. The number of halogens is 2. The van der Waals surface area contributed by atoms with E-state index in [1.807, 2.05) is 29.2 Å². The van der Waals surface area contributed by atoms with E-state index in [1.54, 1.807) is 6.07 Å². The number of carbonyl (C=O) groups excluding carboxylic acids is 1. The van der Waals surface area contributed by atoms with Crippen LogP contribution in [0.4, 0.5) is 4.39 Å². The van der Waals surface area contributed by atoms with Gasteiger partial charge in [-0.1, -0.05) is 43.6 Å². The Bertz CT molecular complexity index is 864. The molecular weight excluding hydrogens is 415 g/mol. The van der Waals surface area contributed by atoms with E-state index in [0.717, 1.165) is 42.8 Å². The van der Waals surface area contributed by atoms with Crippen LogP contribution in [-0.2, 0) is 17.8 Å². The highest BCUT2D eigenvalue weighted by molar-refractivity contribution is 6.31. The maximum absolute atomic E-state index is 13.5. The number of nitrogens with zero attached hydrogens (tertiary/aromatic N) is 2. The minimum Gasteiger partial charge on any atom is -0.493 e. The average Bonchev–Trinajstić information content (AvgIpc) is 2.73. The fourth-order valence-corrected chi connectivity index (χ4v) is 4.03. The van der Waals surface area contributed by atoms with E-state index in [-0.39, 0.29) is 17.8 Å². The number of hydrogen-bond donors (Lipinski definition) is 0. The second kappa shape index (κ2) is 11.0. The van der Waals surface area contributed by atoms with Gasteiger partial charge in [0.05, 0.1) is 13.0 Å². The first-order chi connectivity index (χ1) is 14.8.